The average molecular weight is 671 g/mol. The molecule has 0 aliphatic carbocycles. The molecule has 52 heavy (non-hydrogen) atoms. The average Bonchev–Trinajstić information content (AvgIpc) is 3.60. The summed E-state index contributed by atoms with van der Waals surface area (Å²) in [5, 5.41) is 9.93. The van der Waals surface area contributed by atoms with Crippen LogP contribution in [0.15, 0.2) is 176 Å². The van der Waals surface area contributed by atoms with Gasteiger partial charge in [0.05, 0.1) is 22.3 Å². The molecule has 0 bridgehead atoms. The quantitative estimate of drug-likeness (QED) is 0.153. The number of para-hydroxylation sites is 2. The fourth-order valence-corrected chi connectivity index (χ4v) is 7.44. The Kier molecular flexibility index (Phi) is 8.26. The van der Waals surface area contributed by atoms with E-state index in [1.807, 2.05) is 10.7 Å². The van der Waals surface area contributed by atoms with Gasteiger partial charge in [0.2, 0.25) is 0 Å². The molecular weight excluding hydrogens is 633 g/mol. The molecule has 0 aliphatic heterocycles. The minimum Gasteiger partial charge on any atom is -0.310 e. The van der Waals surface area contributed by atoms with Gasteiger partial charge in [0, 0.05) is 33.3 Å². The zero-order valence-electron chi connectivity index (χ0n) is 29.2. The Morgan fingerprint density at radius 3 is 2.02 bits per heavy atom. The first-order chi connectivity index (χ1) is 25.8. The molecule has 7 aromatic carbocycles. The molecule has 0 unspecified atom stereocenters. The van der Waals surface area contributed by atoms with Crippen molar-refractivity contribution < 1.29 is 0 Å². The summed E-state index contributed by atoms with van der Waals surface area (Å²) >= 11 is 0. The Bertz CT molecular complexity index is 2640. The summed E-state index contributed by atoms with van der Waals surface area (Å²) < 4.78 is 2.01. The fourth-order valence-electron chi connectivity index (χ4n) is 7.44. The first-order valence-electron chi connectivity index (χ1n) is 18.2. The number of fused-ring (bicyclic) bond motifs is 3. The molecule has 0 aliphatic rings. The van der Waals surface area contributed by atoms with E-state index in [0.717, 1.165) is 86.3 Å². The lowest BCUT2D eigenvalue weighted by molar-refractivity contribution is 0.796. The van der Waals surface area contributed by atoms with Gasteiger partial charge in [0.15, 0.2) is 5.65 Å². The van der Waals surface area contributed by atoms with Gasteiger partial charge in [0.1, 0.15) is 5.69 Å². The summed E-state index contributed by atoms with van der Waals surface area (Å²) in [7, 11) is 0. The van der Waals surface area contributed by atoms with Crippen molar-refractivity contribution in [3.63, 3.8) is 0 Å². The number of pyridine rings is 1. The summed E-state index contributed by atoms with van der Waals surface area (Å²) in [5.74, 6) is 0. The highest BCUT2D eigenvalue weighted by Gasteiger charge is 2.23. The Morgan fingerprint density at radius 2 is 1.25 bits per heavy atom. The number of hydrogen-bond acceptors (Lipinski definition) is 3. The Balaban J connectivity index is 1.30. The number of benzene rings is 7. The van der Waals surface area contributed by atoms with Crippen LogP contribution in [0.4, 0.5) is 17.1 Å². The summed E-state index contributed by atoms with van der Waals surface area (Å²) in [6, 6.07) is 62.5. The van der Waals surface area contributed by atoms with Crippen molar-refractivity contribution in [2.45, 2.75) is 26.2 Å². The lowest BCUT2D eigenvalue weighted by atomic mass is 9.93. The van der Waals surface area contributed by atoms with Crippen molar-refractivity contribution in [2.75, 3.05) is 4.90 Å². The first-order valence-corrected chi connectivity index (χ1v) is 18.2. The molecule has 4 heteroatoms. The molecule has 0 fully saturated rings. The van der Waals surface area contributed by atoms with Crippen molar-refractivity contribution in [1.82, 2.24) is 14.8 Å². The number of nitrogens with zero attached hydrogens (tertiary/aromatic N) is 4. The van der Waals surface area contributed by atoms with Crippen LogP contribution in [-0.4, -0.2) is 14.8 Å². The summed E-state index contributed by atoms with van der Waals surface area (Å²) in [6.45, 7) is 2.25. The second-order valence-corrected chi connectivity index (χ2v) is 13.3. The van der Waals surface area contributed by atoms with E-state index in [1.165, 1.54) is 16.3 Å². The predicted molar refractivity (Wildman–Crippen MR) is 218 cm³/mol. The molecule has 0 saturated carbocycles. The van der Waals surface area contributed by atoms with Crippen molar-refractivity contribution in [3.8, 4) is 28.1 Å². The van der Waals surface area contributed by atoms with Crippen molar-refractivity contribution >= 4 is 49.8 Å². The van der Waals surface area contributed by atoms with Crippen LogP contribution in [0.1, 0.15) is 25.3 Å². The number of anilines is 3. The molecule has 0 amide bonds. The highest BCUT2D eigenvalue weighted by molar-refractivity contribution is 6.14. The SMILES string of the molecule is CCCCc1ccc2nc3c(c(-c4ccccc4)nn3-c3ccccc3)c(-c3ccc(N(c4ccccc4)c4cccc5ccccc45)cc3)c2c1. The molecule has 2 aromatic heterocycles. The van der Waals surface area contributed by atoms with Crippen LogP contribution in [0.25, 0.3) is 60.8 Å². The summed E-state index contributed by atoms with van der Waals surface area (Å²) in [6.07, 6.45) is 3.34. The van der Waals surface area contributed by atoms with E-state index in [-0.39, 0.29) is 0 Å². The number of aromatic nitrogens is 3. The molecule has 0 radical (unpaired) electrons. The molecule has 0 N–H and O–H groups in total. The van der Waals surface area contributed by atoms with Crippen molar-refractivity contribution in [3.05, 3.63) is 181 Å². The monoisotopic (exact) mass is 670 g/mol. The van der Waals surface area contributed by atoms with Gasteiger partial charge in [-0.1, -0.05) is 135 Å². The Morgan fingerprint density at radius 1 is 0.577 bits per heavy atom. The Labute approximate surface area is 304 Å². The number of rotatable bonds is 9. The second kappa shape index (κ2) is 13.7. The van der Waals surface area contributed by atoms with Crippen LogP contribution in [0, 0.1) is 0 Å². The first kappa shape index (κ1) is 31.5. The van der Waals surface area contributed by atoms with E-state index >= 15 is 0 Å². The fraction of sp³-hybridized carbons (Fsp3) is 0.0833. The van der Waals surface area contributed by atoms with Gasteiger partial charge in [-0.15, -0.1) is 0 Å². The topological polar surface area (TPSA) is 34.0 Å². The molecule has 250 valence electrons. The number of aryl methyl sites for hydroxylation is 1. The van der Waals surface area contributed by atoms with E-state index in [1.54, 1.807) is 0 Å². The van der Waals surface area contributed by atoms with Gasteiger partial charge in [-0.25, -0.2) is 9.67 Å². The molecule has 4 nitrogen and oxygen atoms in total. The minimum absolute atomic E-state index is 0.847. The molecule has 2 heterocycles. The minimum atomic E-state index is 0.847. The molecular formula is C48H38N4. The van der Waals surface area contributed by atoms with Gasteiger partial charge >= 0.3 is 0 Å². The lowest BCUT2D eigenvalue weighted by Gasteiger charge is -2.27. The summed E-state index contributed by atoms with van der Waals surface area (Å²) in [4.78, 5) is 7.71. The van der Waals surface area contributed by atoms with E-state index < -0.39 is 0 Å². The van der Waals surface area contributed by atoms with Crippen LogP contribution in [0.3, 0.4) is 0 Å². The van der Waals surface area contributed by atoms with E-state index in [2.05, 4.69) is 182 Å². The second-order valence-electron chi connectivity index (χ2n) is 13.3. The smallest absolute Gasteiger partial charge is 0.164 e. The predicted octanol–water partition coefficient (Wildman–Crippen LogP) is 12.9. The van der Waals surface area contributed by atoms with Crippen LogP contribution < -0.4 is 4.90 Å². The number of hydrogen-bond donors (Lipinski definition) is 0. The van der Waals surface area contributed by atoms with Crippen LogP contribution in [0.2, 0.25) is 0 Å². The van der Waals surface area contributed by atoms with Gasteiger partial charge < -0.3 is 4.90 Å². The lowest BCUT2D eigenvalue weighted by Crippen LogP contribution is -2.10. The number of unbranched alkanes of at least 4 members (excludes halogenated alkanes) is 1. The highest BCUT2D eigenvalue weighted by Crippen LogP contribution is 2.43. The molecule has 9 rings (SSSR count). The largest absolute Gasteiger partial charge is 0.310 e. The van der Waals surface area contributed by atoms with Gasteiger partial charge in [0.25, 0.3) is 0 Å². The maximum Gasteiger partial charge on any atom is 0.164 e. The van der Waals surface area contributed by atoms with Gasteiger partial charge in [-0.05, 0) is 84.0 Å². The summed E-state index contributed by atoms with van der Waals surface area (Å²) in [5.41, 5.74) is 11.7. The zero-order valence-corrected chi connectivity index (χ0v) is 29.2. The highest BCUT2D eigenvalue weighted by atomic mass is 15.3. The van der Waals surface area contributed by atoms with Gasteiger partial charge in [-0.2, -0.15) is 5.10 Å². The maximum absolute atomic E-state index is 5.35. The molecule has 0 saturated heterocycles. The molecule has 9 aromatic rings. The third kappa shape index (κ3) is 5.69. The van der Waals surface area contributed by atoms with Crippen molar-refractivity contribution in [1.29, 1.82) is 0 Å². The van der Waals surface area contributed by atoms with Crippen LogP contribution in [0.5, 0.6) is 0 Å². The zero-order chi connectivity index (χ0) is 34.9. The standard InChI is InChI=1S/C48H38N4/c1-2-3-16-34-27-32-43-42(33-34)45(46-47(37-18-7-4-8-19-37)50-52(48(46)49-43)40-23-11-6-12-24-40)36-28-30-39(31-29-36)51(38-21-9-5-10-22-38)44-26-15-20-35-17-13-14-25-41(35)44/h4-15,17-33H,2-3,16H2,1H3. The van der Waals surface area contributed by atoms with Crippen LogP contribution >= 0.6 is 0 Å². The Hall–Kier alpha value is -6.52. The maximum atomic E-state index is 5.35. The van der Waals surface area contributed by atoms with Crippen LogP contribution in [-0.2, 0) is 6.42 Å². The normalized spacial score (nSPS) is 11.4. The van der Waals surface area contributed by atoms with Crippen molar-refractivity contribution in [2.24, 2.45) is 0 Å². The molecule has 0 atom stereocenters. The van der Waals surface area contributed by atoms with E-state index in [0.29, 0.717) is 0 Å². The molecule has 0 spiro atoms. The third-order valence-electron chi connectivity index (χ3n) is 9.97. The van der Waals surface area contributed by atoms with E-state index in [4.69, 9.17) is 10.1 Å². The van der Waals surface area contributed by atoms with Gasteiger partial charge in [-0.3, -0.25) is 0 Å². The van der Waals surface area contributed by atoms with E-state index in [9.17, 15) is 0 Å². The third-order valence-corrected chi connectivity index (χ3v) is 9.97.